The van der Waals surface area contributed by atoms with Crippen LogP contribution in [0, 0.1) is 0 Å². The van der Waals surface area contributed by atoms with E-state index in [-0.39, 0.29) is 0 Å². The molecule has 1 atom stereocenters. The number of benzene rings is 1. The van der Waals surface area contributed by atoms with Gasteiger partial charge in [-0.15, -0.1) is 0 Å². The Labute approximate surface area is 127 Å². The van der Waals surface area contributed by atoms with E-state index in [0.29, 0.717) is 6.04 Å². The van der Waals surface area contributed by atoms with E-state index in [1.807, 2.05) is 12.4 Å². The number of pyridine rings is 1. The molecule has 110 valence electrons. The van der Waals surface area contributed by atoms with E-state index in [2.05, 4.69) is 58.5 Å². The summed E-state index contributed by atoms with van der Waals surface area (Å²) in [6, 6.07) is 13.5. The molecule has 0 radical (unpaired) electrons. The topological polar surface area (TPSA) is 28.2 Å². The van der Waals surface area contributed by atoms with Crippen LogP contribution in [0.4, 0.5) is 5.69 Å². The summed E-state index contributed by atoms with van der Waals surface area (Å²) in [6.07, 6.45) is 6.19. The van der Waals surface area contributed by atoms with E-state index < -0.39 is 0 Å². The molecule has 0 saturated carbocycles. The second-order valence-electron chi connectivity index (χ2n) is 5.73. The Hall–Kier alpha value is -1.87. The van der Waals surface area contributed by atoms with Crippen molar-refractivity contribution in [2.24, 2.45) is 0 Å². The summed E-state index contributed by atoms with van der Waals surface area (Å²) in [4.78, 5) is 6.62. The van der Waals surface area contributed by atoms with Crippen LogP contribution < -0.4 is 10.2 Å². The van der Waals surface area contributed by atoms with Crippen molar-refractivity contribution in [3.05, 3.63) is 59.9 Å². The van der Waals surface area contributed by atoms with Crippen LogP contribution in [0.25, 0.3) is 0 Å². The van der Waals surface area contributed by atoms with Crippen molar-refractivity contribution < 1.29 is 0 Å². The molecule has 21 heavy (non-hydrogen) atoms. The molecule has 1 aliphatic heterocycles. The number of nitrogens with one attached hydrogen (secondary N) is 1. The van der Waals surface area contributed by atoms with Crippen LogP contribution in [0.2, 0.25) is 0 Å². The van der Waals surface area contributed by atoms with Crippen molar-refractivity contribution in [1.82, 2.24) is 10.3 Å². The lowest BCUT2D eigenvalue weighted by atomic mass is 10.1. The van der Waals surface area contributed by atoms with E-state index in [1.54, 1.807) is 0 Å². The predicted molar refractivity (Wildman–Crippen MR) is 87.3 cm³/mol. The Morgan fingerprint density at radius 3 is 2.81 bits per heavy atom. The maximum Gasteiger partial charge on any atom is 0.0431 e. The Morgan fingerprint density at radius 2 is 2.00 bits per heavy atom. The number of aromatic nitrogens is 1. The number of rotatable bonds is 4. The van der Waals surface area contributed by atoms with Gasteiger partial charge in [0.05, 0.1) is 0 Å². The van der Waals surface area contributed by atoms with Crippen LogP contribution in [0.5, 0.6) is 0 Å². The molecule has 0 spiro atoms. The standard InChI is InChI=1S/C18H23N3/c1-2-5-17-14-21(13-15-8-10-19-11-9-15)18-7-4-3-6-16(18)12-20-17/h3-4,6-11,17,20H,2,5,12-14H2,1H3. The fraction of sp³-hybridized carbons (Fsp3) is 0.389. The van der Waals surface area contributed by atoms with Gasteiger partial charge in [0.1, 0.15) is 0 Å². The number of nitrogens with zero attached hydrogens (tertiary/aromatic N) is 2. The van der Waals surface area contributed by atoms with Gasteiger partial charge in [0.15, 0.2) is 0 Å². The van der Waals surface area contributed by atoms with Crippen molar-refractivity contribution in [2.45, 2.75) is 38.9 Å². The van der Waals surface area contributed by atoms with Crippen LogP contribution in [0.1, 0.15) is 30.9 Å². The van der Waals surface area contributed by atoms with Crippen molar-refractivity contribution in [1.29, 1.82) is 0 Å². The number of hydrogen-bond donors (Lipinski definition) is 1. The van der Waals surface area contributed by atoms with Gasteiger partial charge >= 0.3 is 0 Å². The highest BCUT2D eigenvalue weighted by Gasteiger charge is 2.20. The molecule has 1 N–H and O–H groups in total. The Morgan fingerprint density at radius 1 is 1.19 bits per heavy atom. The second-order valence-corrected chi connectivity index (χ2v) is 5.73. The lowest BCUT2D eigenvalue weighted by molar-refractivity contribution is 0.479. The Kier molecular flexibility index (Phi) is 4.51. The molecule has 3 heteroatoms. The summed E-state index contributed by atoms with van der Waals surface area (Å²) < 4.78 is 0. The van der Waals surface area contributed by atoms with Gasteiger partial charge in [-0.05, 0) is 35.7 Å². The largest absolute Gasteiger partial charge is 0.365 e. The zero-order valence-corrected chi connectivity index (χ0v) is 12.6. The van der Waals surface area contributed by atoms with Crippen molar-refractivity contribution >= 4 is 5.69 Å². The number of hydrogen-bond acceptors (Lipinski definition) is 3. The smallest absolute Gasteiger partial charge is 0.0431 e. The molecule has 3 rings (SSSR count). The monoisotopic (exact) mass is 281 g/mol. The van der Waals surface area contributed by atoms with E-state index in [9.17, 15) is 0 Å². The minimum atomic E-state index is 0.559. The SMILES string of the molecule is CCCC1CN(Cc2ccncc2)c2ccccc2CN1. The molecular weight excluding hydrogens is 258 g/mol. The molecule has 1 aromatic carbocycles. The van der Waals surface area contributed by atoms with E-state index in [4.69, 9.17) is 0 Å². The Bertz CT molecular complexity index is 568. The maximum absolute atomic E-state index is 4.11. The van der Waals surface area contributed by atoms with Crippen molar-refractivity contribution in [3.8, 4) is 0 Å². The van der Waals surface area contributed by atoms with Crippen LogP contribution >= 0.6 is 0 Å². The van der Waals surface area contributed by atoms with Gasteiger partial charge in [0.25, 0.3) is 0 Å². The van der Waals surface area contributed by atoms with Gasteiger partial charge < -0.3 is 10.2 Å². The van der Waals surface area contributed by atoms with Gasteiger partial charge in [-0.3, -0.25) is 4.98 Å². The highest BCUT2D eigenvalue weighted by Crippen LogP contribution is 2.25. The lowest BCUT2D eigenvalue weighted by Crippen LogP contribution is -2.37. The molecule has 1 aliphatic rings. The maximum atomic E-state index is 4.11. The van der Waals surface area contributed by atoms with Gasteiger partial charge in [0, 0.05) is 43.8 Å². The summed E-state index contributed by atoms with van der Waals surface area (Å²) in [7, 11) is 0. The second kappa shape index (κ2) is 6.72. The number of anilines is 1. The van der Waals surface area contributed by atoms with E-state index >= 15 is 0 Å². The summed E-state index contributed by atoms with van der Waals surface area (Å²) in [6.45, 7) is 5.23. The van der Waals surface area contributed by atoms with Gasteiger partial charge in [-0.2, -0.15) is 0 Å². The minimum Gasteiger partial charge on any atom is -0.365 e. The van der Waals surface area contributed by atoms with E-state index in [0.717, 1.165) is 19.6 Å². The van der Waals surface area contributed by atoms with Crippen LogP contribution in [-0.2, 0) is 13.1 Å². The first-order valence-electron chi connectivity index (χ1n) is 7.82. The summed E-state index contributed by atoms with van der Waals surface area (Å²) in [5.74, 6) is 0. The first kappa shape index (κ1) is 14.1. The third-order valence-electron chi connectivity index (χ3n) is 4.11. The molecule has 0 saturated heterocycles. The molecule has 0 fully saturated rings. The summed E-state index contributed by atoms with van der Waals surface area (Å²) in [5.41, 5.74) is 4.07. The van der Waals surface area contributed by atoms with Gasteiger partial charge in [0.2, 0.25) is 0 Å². The fourth-order valence-corrected chi connectivity index (χ4v) is 3.05. The van der Waals surface area contributed by atoms with Crippen molar-refractivity contribution in [3.63, 3.8) is 0 Å². The average molecular weight is 281 g/mol. The zero-order valence-electron chi connectivity index (χ0n) is 12.6. The third-order valence-corrected chi connectivity index (χ3v) is 4.11. The molecule has 2 heterocycles. The number of fused-ring (bicyclic) bond motifs is 1. The zero-order chi connectivity index (χ0) is 14.5. The quantitative estimate of drug-likeness (QED) is 0.931. The molecule has 0 aliphatic carbocycles. The molecule has 1 unspecified atom stereocenters. The normalized spacial score (nSPS) is 18.1. The molecular formula is C18H23N3. The Balaban J connectivity index is 1.86. The van der Waals surface area contributed by atoms with Crippen LogP contribution in [0.3, 0.4) is 0 Å². The third kappa shape index (κ3) is 3.42. The van der Waals surface area contributed by atoms with Crippen molar-refractivity contribution in [2.75, 3.05) is 11.4 Å². The highest BCUT2D eigenvalue weighted by atomic mass is 15.2. The summed E-state index contributed by atoms with van der Waals surface area (Å²) >= 11 is 0. The van der Waals surface area contributed by atoms with Crippen LogP contribution in [-0.4, -0.2) is 17.6 Å². The molecule has 3 nitrogen and oxygen atoms in total. The summed E-state index contributed by atoms with van der Waals surface area (Å²) in [5, 5.41) is 3.70. The van der Waals surface area contributed by atoms with Gasteiger partial charge in [-0.1, -0.05) is 31.5 Å². The number of para-hydroxylation sites is 1. The minimum absolute atomic E-state index is 0.559. The fourth-order valence-electron chi connectivity index (χ4n) is 3.05. The molecule has 1 aromatic heterocycles. The molecule has 0 amide bonds. The van der Waals surface area contributed by atoms with Gasteiger partial charge in [-0.25, -0.2) is 0 Å². The van der Waals surface area contributed by atoms with Crippen LogP contribution in [0.15, 0.2) is 48.8 Å². The molecule has 2 aromatic rings. The first-order chi connectivity index (χ1) is 10.4. The predicted octanol–water partition coefficient (Wildman–Crippen LogP) is 3.36. The first-order valence-corrected chi connectivity index (χ1v) is 7.82. The average Bonchev–Trinajstić information content (AvgIpc) is 2.69. The van der Waals surface area contributed by atoms with E-state index in [1.165, 1.54) is 29.7 Å². The highest BCUT2D eigenvalue weighted by molar-refractivity contribution is 5.55. The molecule has 0 bridgehead atoms. The lowest BCUT2D eigenvalue weighted by Gasteiger charge is -2.27.